The van der Waals surface area contributed by atoms with Gasteiger partial charge < -0.3 is 20.1 Å². The number of nitrogens with zero attached hydrogens (tertiary/aromatic N) is 1. The van der Waals surface area contributed by atoms with Gasteiger partial charge in [-0.1, -0.05) is 0 Å². The van der Waals surface area contributed by atoms with E-state index in [0.29, 0.717) is 26.2 Å². The molecule has 104 valence electrons. The number of hydrogen-bond acceptors (Lipinski definition) is 4. The predicted molar refractivity (Wildman–Crippen MR) is 68.2 cm³/mol. The average molecular weight is 256 g/mol. The van der Waals surface area contributed by atoms with Crippen molar-refractivity contribution in [1.82, 2.24) is 4.90 Å². The van der Waals surface area contributed by atoms with Crippen molar-refractivity contribution in [2.24, 2.45) is 5.73 Å². The number of rotatable bonds is 2. The number of nitrogens with two attached hydrogens (primary N) is 1. The minimum absolute atomic E-state index is 0.0682. The van der Waals surface area contributed by atoms with Crippen LogP contribution in [-0.4, -0.2) is 54.9 Å². The Bertz CT molecular complexity index is 301. The normalized spacial score (nSPS) is 32.3. The Morgan fingerprint density at radius 3 is 2.83 bits per heavy atom. The molecular weight excluding hydrogens is 232 g/mol. The summed E-state index contributed by atoms with van der Waals surface area (Å²) < 4.78 is 11.4. The minimum Gasteiger partial charge on any atom is -0.368 e. The molecule has 0 aliphatic carbocycles. The Morgan fingerprint density at radius 2 is 2.22 bits per heavy atom. The Balaban J connectivity index is 1.99. The lowest BCUT2D eigenvalue weighted by atomic mass is 10.0. The first-order valence-electron chi connectivity index (χ1n) is 6.80. The fourth-order valence-electron chi connectivity index (χ4n) is 2.73. The molecule has 2 atom stereocenters. The molecule has 2 unspecified atom stereocenters. The summed E-state index contributed by atoms with van der Waals surface area (Å²) in [6.07, 6.45) is 2.64. The first kappa shape index (κ1) is 13.8. The smallest absolute Gasteiger partial charge is 0.251 e. The van der Waals surface area contributed by atoms with Gasteiger partial charge in [-0.2, -0.15) is 0 Å². The SMILES string of the molecule is CC1(C)CN(C(=O)C2CCCCO2)CC(CN)O1. The standard InChI is InChI=1S/C13H24N2O3/c1-13(2)9-15(8-10(7-14)18-13)12(16)11-5-3-4-6-17-11/h10-11H,3-9,14H2,1-2H3. The Kier molecular flexibility index (Phi) is 4.25. The average Bonchev–Trinajstić information content (AvgIpc) is 2.37. The van der Waals surface area contributed by atoms with E-state index in [4.69, 9.17) is 15.2 Å². The van der Waals surface area contributed by atoms with Crippen LogP contribution in [0.1, 0.15) is 33.1 Å². The van der Waals surface area contributed by atoms with Gasteiger partial charge in [-0.05, 0) is 33.1 Å². The third kappa shape index (κ3) is 3.22. The van der Waals surface area contributed by atoms with Crippen LogP contribution in [0.2, 0.25) is 0 Å². The van der Waals surface area contributed by atoms with Gasteiger partial charge in [0.25, 0.3) is 5.91 Å². The van der Waals surface area contributed by atoms with Crippen LogP contribution in [0.25, 0.3) is 0 Å². The number of hydrogen-bond donors (Lipinski definition) is 1. The number of carbonyl (C=O) groups excluding carboxylic acids is 1. The molecule has 2 saturated heterocycles. The van der Waals surface area contributed by atoms with Crippen molar-refractivity contribution < 1.29 is 14.3 Å². The van der Waals surface area contributed by atoms with E-state index >= 15 is 0 Å². The van der Waals surface area contributed by atoms with E-state index < -0.39 is 0 Å². The van der Waals surface area contributed by atoms with Crippen molar-refractivity contribution in [3.8, 4) is 0 Å². The Morgan fingerprint density at radius 1 is 1.44 bits per heavy atom. The summed E-state index contributed by atoms with van der Waals surface area (Å²) in [6.45, 7) is 6.33. The van der Waals surface area contributed by atoms with Crippen molar-refractivity contribution in [1.29, 1.82) is 0 Å². The highest BCUT2D eigenvalue weighted by Crippen LogP contribution is 2.23. The second-order valence-electron chi connectivity index (χ2n) is 5.81. The molecule has 0 spiro atoms. The molecular formula is C13H24N2O3. The molecule has 2 rings (SSSR count). The van der Waals surface area contributed by atoms with Crippen LogP contribution < -0.4 is 5.73 Å². The maximum Gasteiger partial charge on any atom is 0.251 e. The molecule has 0 aromatic rings. The maximum atomic E-state index is 12.4. The first-order valence-corrected chi connectivity index (χ1v) is 6.80. The third-order valence-corrected chi connectivity index (χ3v) is 3.51. The third-order valence-electron chi connectivity index (χ3n) is 3.51. The van der Waals surface area contributed by atoms with Gasteiger partial charge in [0.1, 0.15) is 6.10 Å². The molecule has 0 bridgehead atoms. The summed E-state index contributed by atoms with van der Waals surface area (Å²) in [5.74, 6) is 0.101. The lowest BCUT2D eigenvalue weighted by Crippen LogP contribution is -2.58. The molecule has 1 amide bonds. The summed E-state index contributed by atoms with van der Waals surface area (Å²) in [4.78, 5) is 14.3. The molecule has 5 nitrogen and oxygen atoms in total. The van der Waals surface area contributed by atoms with Gasteiger partial charge in [-0.3, -0.25) is 4.79 Å². The topological polar surface area (TPSA) is 64.8 Å². The number of amides is 1. The van der Waals surface area contributed by atoms with Crippen LogP contribution in [0, 0.1) is 0 Å². The molecule has 2 N–H and O–H groups in total. The van der Waals surface area contributed by atoms with Crippen molar-refractivity contribution in [2.45, 2.75) is 50.9 Å². The summed E-state index contributed by atoms with van der Waals surface area (Å²) in [7, 11) is 0. The summed E-state index contributed by atoms with van der Waals surface area (Å²) in [6, 6.07) is 0. The van der Waals surface area contributed by atoms with Gasteiger partial charge in [0.2, 0.25) is 0 Å². The Labute approximate surface area is 109 Å². The fraction of sp³-hybridized carbons (Fsp3) is 0.923. The van der Waals surface area contributed by atoms with Gasteiger partial charge in [-0.25, -0.2) is 0 Å². The largest absolute Gasteiger partial charge is 0.368 e. The van der Waals surface area contributed by atoms with Gasteiger partial charge >= 0.3 is 0 Å². The van der Waals surface area contributed by atoms with Crippen LogP contribution in [0.4, 0.5) is 0 Å². The van der Waals surface area contributed by atoms with E-state index in [1.165, 1.54) is 0 Å². The highest BCUT2D eigenvalue weighted by molar-refractivity contribution is 5.81. The zero-order chi connectivity index (χ0) is 13.2. The molecule has 2 aliphatic rings. The van der Waals surface area contributed by atoms with E-state index in [-0.39, 0.29) is 23.7 Å². The van der Waals surface area contributed by atoms with Crippen molar-refractivity contribution in [2.75, 3.05) is 26.2 Å². The van der Waals surface area contributed by atoms with Crippen LogP contribution in [0.15, 0.2) is 0 Å². The quantitative estimate of drug-likeness (QED) is 0.782. The van der Waals surface area contributed by atoms with Crippen LogP contribution in [0.5, 0.6) is 0 Å². The number of carbonyl (C=O) groups is 1. The molecule has 0 aromatic heterocycles. The maximum absolute atomic E-state index is 12.4. The summed E-state index contributed by atoms with van der Waals surface area (Å²) in [5, 5.41) is 0. The highest BCUT2D eigenvalue weighted by Gasteiger charge is 2.37. The zero-order valence-corrected chi connectivity index (χ0v) is 11.4. The van der Waals surface area contributed by atoms with Crippen LogP contribution in [0.3, 0.4) is 0 Å². The lowest BCUT2D eigenvalue weighted by molar-refractivity contribution is -0.170. The van der Waals surface area contributed by atoms with E-state index in [0.717, 1.165) is 19.3 Å². The van der Waals surface area contributed by atoms with E-state index in [9.17, 15) is 4.79 Å². The van der Waals surface area contributed by atoms with Crippen molar-refractivity contribution >= 4 is 5.91 Å². The van der Waals surface area contributed by atoms with E-state index in [1.807, 2.05) is 18.7 Å². The first-order chi connectivity index (χ1) is 8.52. The molecule has 18 heavy (non-hydrogen) atoms. The molecule has 0 radical (unpaired) electrons. The molecule has 0 saturated carbocycles. The summed E-state index contributed by atoms with van der Waals surface area (Å²) >= 11 is 0. The fourth-order valence-corrected chi connectivity index (χ4v) is 2.73. The molecule has 5 heteroatoms. The van der Waals surface area contributed by atoms with Crippen LogP contribution >= 0.6 is 0 Å². The van der Waals surface area contributed by atoms with E-state index in [1.54, 1.807) is 0 Å². The molecule has 2 aliphatic heterocycles. The van der Waals surface area contributed by atoms with Crippen molar-refractivity contribution in [3.05, 3.63) is 0 Å². The molecule has 2 fully saturated rings. The lowest BCUT2D eigenvalue weighted by Gasteiger charge is -2.43. The molecule has 0 aromatic carbocycles. The number of ether oxygens (including phenoxy) is 2. The second-order valence-corrected chi connectivity index (χ2v) is 5.81. The van der Waals surface area contributed by atoms with Gasteiger partial charge in [0.05, 0.1) is 11.7 Å². The molecule has 2 heterocycles. The Hall–Kier alpha value is -0.650. The van der Waals surface area contributed by atoms with Gasteiger partial charge in [0.15, 0.2) is 0 Å². The predicted octanol–water partition coefficient (Wildman–Crippen LogP) is 0.520. The van der Waals surface area contributed by atoms with Crippen molar-refractivity contribution in [3.63, 3.8) is 0 Å². The summed E-state index contributed by atoms with van der Waals surface area (Å²) in [5.41, 5.74) is 5.34. The number of morpholine rings is 1. The monoisotopic (exact) mass is 256 g/mol. The van der Waals surface area contributed by atoms with E-state index in [2.05, 4.69) is 0 Å². The zero-order valence-electron chi connectivity index (χ0n) is 11.4. The van der Waals surface area contributed by atoms with Gasteiger partial charge in [0, 0.05) is 26.2 Å². The van der Waals surface area contributed by atoms with Crippen LogP contribution in [-0.2, 0) is 14.3 Å². The minimum atomic E-state index is -0.327. The highest BCUT2D eigenvalue weighted by atomic mass is 16.5. The van der Waals surface area contributed by atoms with Gasteiger partial charge in [-0.15, -0.1) is 0 Å². The second kappa shape index (κ2) is 5.55.